The van der Waals surface area contributed by atoms with Gasteiger partial charge in [0.15, 0.2) is 24.0 Å². The predicted molar refractivity (Wildman–Crippen MR) is 155 cm³/mol. The van der Waals surface area contributed by atoms with Crippen molar-refractivity contribution in [1.82, 2.24) is 15.1 Å². The van der Waals surface area contributed by atoms with Gasteiger partial charge in [-0.05, 0) is 35.8 Å². The van der Waals surface area contributed by atoms with Crippen LogP contribution < -0.4 is 15.2 Å². The Hall–Kier alpha value is -4.24. The number of hydrogen-bond donors (Lipinski definition) is 4. The number of aromatic nitrogens is 1. The van der Waals surface area contributed by atoms with Gasteiger partial charge in [0.2, 0.25) is 18.4 Å². The molecule has 3 aliphatic rings. The number of halogens is 2. The summed E-state index contributed by atoms with van der Waals surface area (Å²) in [4.78, 5) is 64.8. The molecule has 0 spiro atoms. The van der Waals surface area contributed by atoms with Crippen LogP contribution in [-0.4, -0.2) is 78.7 Å². The number of phenolic OH excluding ortho intramolecular Hbond substituents is 1. The highest BCUT2D eigenvalue weighted by Gasteiger charge is 2.54. The van der Waals surface area contributed by atoms with Crippen LogP contribution >= 0.6 is 27.7 Å². The second-order valence-corrected chi connectivity index (χ2v) is 11.7. The number of nitrogens with zero attached hydrogens (tertiary/aromatic N) is 3. The Morgan fingerprint density at radius 3 is 2.58 bits per heavy atom. The summed E-state index contributed by atoms with van der Waals surface area (Å²) in [6.07, 6.45) is 5.33. The Bertz CT molecular complexity index is 1580. The van der Waals surface area contributed by atoms with Gasteiger partial charge in [-0.2, -0.15) is 4.57 Å². The number of aliphatic carboxylic acids is 1. The number of β-lactam (4-membered cyclic amide) rings is 1. The first-order valence-electron chi connectivity index (χ1n) is 13.1. The number of aromatic hydroxyl groups is 1. The van der Waals surface area contributed by atoms with Crippen LogP contribution in [0.1, 0.15) is 12.0 Å². The van der Waals surface area contributed by atoms with Gasteiger partial charge in [-0.3, -0.25) is 24.1 Å². The number of allylic oxidation sites excluding steroid dienone is 1. The molecule has 12 nitrogen and oxygen atoms in total. The largest absolute Gasteiger partial charge is 0.505 e. The molecule has 4 heterocycles. The minimum absolute atomic E-state index is 0.0250. The van der Waals surface area contributed by atoms with E-state index < -0.39 is 40.8 Å². The Morgan fingerprint density at radius 1 is 1.16 bits per heavy atom. The van der Waals surface area contributed by atoms with Crippen molar-refractivity contribution in [1.29, 1.82) is 0 Å². The Balaban J connectivity index is 1.21. The van der Waals surface area contributed by atoms with Crippen LogP contribution in [0.2, 0.25) is 0 Å². The summed E-state index contributed by atoms with van der Waals surface area (Å²) in [6, 6.07) is 6.29. The fourth-order valence-electron chi connectivity index (χ4n) is 5.00. The highest BCUT2D eigenvalue weighted by molar-refractivity contribution is 9.09. The number of phenols is 1. The third kappa shape index (κ3) is 6.41. The normalized spacial score (nSPS) is 20.7. The summed E-state index contributed by atoms with van der Waals surface area (Å²) in [5.41, 5.74) is 1.66. The number of carbonyl (C=O) groups is 5. The molecular formula is C28H26BrFN5O7S+. The summed E-state index contributed by atoms with van der Waals surface area (Å²) < 4.78 is 15.1. The van der Waals surface area contributed by atoms with Crippen LogP contribution in [0, 0.1) is 5.82 Å². The molecule has 2 saturated heterocycles. The van der Waals surface area contributed by atoms with Crippen molar-refractivity contribution >= 4 is 63.0 Å². The summed E-state index contributed by atoms with van der Waals surface area (Å²) in [5.74, 6) is -3.87. The highest BCUT2D eigenvalue weighted by Crippen LogP contribution is 2.41. The van der Waals surface area contributed by atoms with E-state index in [9.17, 15) is 38.6 Å². The van der Waals surface area contributed by atoms with Gasteiger partial charge in [0, 0.05) is 48.3 Å². The lowest BCUT2D eigenvalue weighted by Crippen LogP contribution is -2.70. The molecule has 2 atom stereocenters. The monoisotopic (exact) mass is 674 g/mol. The molecule has 3 aliphatic heterocycles. The van der Waals surface area contributed by atoms with E-state index in [1.807, 2.05) is 0 Å². The zero-order valence-corrected chi connectivity index (χ0v) is 24.9. The topological polar surface area (TPSA) is 160 Å². The quantitative estimate of drug-likeness (QED) is 0.102. The second-order valence-electron chi connectivity index (χ2n) is 10.0. The van der Waals surface area contributed by atoms with Crippen LogP contribution in [-0.2, 0) is 37.1 Å². The van der Waals surface area contributed by atoms with Crippen molar-refractivity contribution in [2.75, 3.05) is 22.9 Å². The average molecular weight is 676 g/mol. The Labute approximate surface area is 257 Å². The fraction of sp³-hybridized carbons (Fsp3) is 0.286. The van der Waals surface area contributed by atoms with Gasteiger partial charge in [-0.1, -0.05) is 15.9 Å². The molecule has 1 aromatic carbocycles. The number of carboxylic acid groups (broad SMARTS) is 1. The number of alkyl halides is 1. The van der Waals surface area contributed by atoms with E-state index in [4.69, 9.17) is 0 Å². The minimum Gasteiger partial charge on any atom is -0.505 e. The van der Waals surface area contributed by atoms with Gasteiger partial charge in [0.25, 0.3) is 11.8 Å². The lowest BCUT2D eigenvalue weighted by Gasteiger charge is -2.49. The lowest BCUT2D eigenvalue weighted by atomic mass is 10.0. The van der Waals surface area contributed by atoms with Crippen LogP contribution in [0.3, 0.4) is 0 Å². The molecule has 0 radical (unpaired) electrons. The lowest BCUT2D eigenvalue weighted by molar-refractivity contribution is -0.684. The van der Waals surface area contributed by atoms with Gasteiger partial charge in [0.1, 0.15) is 17.1 Å². The number of fused-ring (bicyclic) bond motifs is 1. The maximum atomic E-state index is 13.5. The number of carboxylic acids is 1. The third-order valence-corrected chi connectivity index (χ3v) is 8.90. The predicted octanol–water partition coefficient (Wildman–Crippen LogP) is 1.25. The van der Waals surface area contributed by atoms with Gasteiger partial charge >= 0.3 is 5.97 Å². The van der Waals surface area contributed by atoms with Crippen LogP contribution in [0.4, 0.5) is 10.1 Å². The van der Waals surface area contributed by atoms with Gasteiger partial charge in [-0.25, -0.2) is 9.18 Å². The van der Waals surface area contributed by atoms with Gasteiger partial charge in [-0.15, -0.1) is 11.8 Å². The Kier molecular flexibility index (Phi) is 8.82. The number of amides is 4. The molecule has 224 valence electrons. The molecule has 2 aromatic rings. The van der Waals surface area contributed by atoms with Gasteiger partial charge in [0.05, 0.1) is 5.33 Å². The van der Waals surface area contributed by atoms with E-state index in [0.717, 1.165) is 17.7 Å². The average Bonchev–Trinajstić information content (AvgIpc) is 3.32. The smallest absolute Gasteiger partial charge is 0.352 e. The van der Waals surface area contributed by atoms with E-state index in [1.54, 1.807) is 40.1 Å². The number of benzene rings is 1. The molecule has 0 bridgehead atoms. The SMILES string of the molecule is O=C(C[n+]1ccc(CN2CC/C(=C\C3=C(C(=O)O)N4C(=O)[C@@H](NC(=O)CBr)[C@H]4SC3)C2=O)cc1)Nc1ccc(O)c(F)c1. The molecule has 0 saturated carbocycles. The van der Waals surface area contributed by atoms with Crippen molar-refractivity contribution in [3.63, 3.8) is 0 Å². The number of carbonyl (C=O) groups excluding carboxylic acids is 4. The minimum atomic E-state index is -1.28. The summed E-state index contributed by atoms with van der Waals surface area (Å²) in [5, 5.41) is 23.8. The van der Waals surface area contributed by atoms with E-state index in [2.05, 4.69) is 26.6 Å². The Morgan fingerprint density at radius 2 is 1.91 bits per heavy atom. The fourth-order valence-corrected chi connectivity index (χ4v) is 6.47. The molecule has 1 aromatic heterocycles. The zero-order valence-electron chi connectivity index (χ0n) is 22.5. The number of thioether (sulfide) groups is 1. The maximum absolute atomic E-state index is 13.5. The van der Waals surface area contributed by atoms with Crippen molar-refractivity contribution in [2.24, 2.45) is 0 Å². The first kappa shape index (κ1) is 30.2. The second kappa shape index (κ2) is 12.6. The molecule has 15 heteroatoms. The van der Waals surface area contributed by atoms with Crippen molar-refractivity contribution in [3.8, 4) is 5.75 Å². The molecule has 5 rings (SSSR count). The van der Waals surface area contributed by atoms with Crippen molar-refractivity contribution in [2.45, 2.75) is 30.9 Å². The van der Waals surface area contributed by atoms with Crippen LogP contribution in [0.5, 0.6) is 5.75 Å². The third-order valence-electron chi connectivity index (χ3n) is 7.09. The van der Waals surface area contributed by atoms with E-state index in [0.29, 0.717) is 30.7 Å². The van der Waals surface area contributed by atoms with Crippen LogP contribution in [0.15, 0.2) is 65.6 Å². The maximum Gasteiger partial charge on any atom is 0.352 e. The van der Waals surface area contributed by atoms with E-state index in [-0.39, 0.29) is 40.8 Å². The molecule has 4 N–H and O–H groups in total. The standard InChI is InChI=1S/C28H25BrFN5O7S/c29-11-21(37)32-23-26(40)35-24(28(41)42)17(14-43-27(23)35)9-16-5-8-34(25(16)39)12-15-3-6-33(7-4-15)13-22(38)31-18-1-2-20(36)19(30)10-18/h1-4,6-7,9-10,23,27H,5,8,11-14H2,(H3-,31,32,36,37,38,41,42)/p+1/b16-9+/t23-,27-/m1/s1. The number of hydrogen-bond acceptors (Lipinski definition) is 7. The molecule has 4 amide bonds. The van der Waals surface area contributed by atoms with E-state index in [1.165, 1.54) is 22.7 Å². The molecule has 43 heavy (non-hydrogen) atoms. The molecular weight excluding hydrogens is 649 g/mol. The zero-order chi connectivity index (χ0) is 30.8. The number of nitrogens with one attached hydrogen (secondary N) is 2. The highest BCUT2D eigenvalue weighted by atomic mass is 79.9. The van der Waals surface area contributed by atoms with Crippen molar-refractivity contribution in [3.05, 3.63) is 77.0 Å². The number of pyridine rings is 1. The first-order valence-corrected chi connectivity index (χ1v) is 15.3. The number of rotatable bonds is 9. The summed E-state index contributed by atoms with van der Waals surface area (Å²) >= 11 is 4.36. The summed E-state index contributed by atoms with van der Waals surface area (Å²) in [6.45, 7) is 0.693. The molecule has 2 fully saturated rings. The van der Waals surface area contributed by atoms with Crippen molar-refractivity contribution < 1.29 is 43.1 Å². The summed E-state index contributed by atoms with van der Waals surface area (Å²) in [7, 11) is 0. The number of likely N-dealkylation sites (tertiary alicyclic amines) is 1. The molecule has 0 unspecified atom stereocenters. The first-order chi connectivity index (χ1) is 20.5. The van der Waals surface area contributed by atoms with E-state index >= 15 is 0 Å². The number of anilines is 1. The molecule has 0 aliphatic carbocycles. The van der Waals surface area contributed by atoms with Crippen LogP contribution in [0.25, 0.3) is 0 Å². The van der Waals surface area contributed by atoms with Gasteiger partial charge < -0.3 is 25.7 Å².